The van der Waals surface area contributed by atoms with E-state index in [0.717, 1.165) is 22.4 Å². The maximum absolute atomic E-state index is 6.14. The van der Waals surface area contributed by atoms with Gasteiger partial charge in [-0.05, 0) is 81.8 Å². The second kappa shape index (κ2) is 11.0. The molecule has 0 aromatic carbocycles. The first-order chi connectivity index (χ1) is 11.6. The number of nitrogens with zero attached hydrogens (tertiary/aromatic N) is 1. The van der Waals surface area contributed by atoms with Gasteiger partial charge < -0.3 is 4.98 Å². The molecular formula is C16H22Br5ClN2Si. The van der Waals surface area contributed by atoms with Crippen molar-refractivity contribution < 1.29 is 0 Å². The smallest absolute Gasteiger partial charge is 0.189 e. The first-order valence-corrected chi connectivity index (χ1v) is 15.4. The van der Waals surface area contributed by atoms with Gasteiger partial charge in [-0.2, -0.15) is 0 Å². The summed E-state index contributed by atoms with van der Waals surface area (Å²) in [5.41, 5.74) is 2.43. The second-order valence-corrected chi connectivity index (χ2v) is 23.3. The monoisotopic (exact) mass is 700 g/mol. The van der Waals surface area contributed by atoms with Crippen molar-refractivity contribution in [1.29, 1.82) is 0 Å². The zero-order chi connectivity index (χ0) is 19.3. The highest BCUT2D eigenvalue weighted by molar-refractivity contribution is 9.52. The van der Waals surface area contributed by atoms with E-state index in [4.69, 9.17) is 11.6 Å². The van der Waals surface area contributed by atoms with Gasteiger partial charge in [-0.15, -0.1) is 0 Å². The Morgan fingerprint density at radius 2 is 1.64 bits per heavy atom. The van der Waals surface area contributed by atoms with Crippen LogP contribution in [0.5, 0.6) is 0 Å². The second-order valence-electron chi connectivity index (χ2n) is 5.74. The fourth-order valence-corrected chi connectivity index (χ4v) is 7.58. The van der Waals surface area contributed by atoms with Crippen LogP contribution in [-0.2, 0) is 6.42 Å². The van der Waals surface area contributed by atoms with Crippen LogP contribution < -0.4 is 5.32 Å². The van der Waals surface area contributed by atoms with Gasteiger partial charge in [-0.25, -0.2) is 4.98 Å². The van der Waals surface area contributed by atoms with Crippen LogP contribution in [0.2, 0.25) is 23.2 Å². The number of fused-ring (bicyclic) bond motifs is 1. The van der Waals surface area contributed by atoms with Gasteiger partial charge in [0.2, 0.25) is 0 Å². The Hall–Kier alpha value is 1.60. The number of H-pyrrole nitrogens is 1. The van der Waals surface area contributed by atoms with Crippen LogP contribution in [0.1, 0.15) is 26.3 Å². The van der Waals surface area contributed by atoms with Crippen molar-refractivity contribution in [2.24, 2.45) is 0 Å². The molecule has 0 atom stereocenters. The molecule has 2 aromatic rings. The number of rotatable bonds is 6. The van der Waals surface area contributed by atoms with Crippen molar-refractivity contribution in [3.8, 4) is 0 Å². The summed E-state index contributed by atoms with van der Waals surface area (Å²) >= 11 is 22.2. The number of aromatic amines is 1. The first kappa shape index (κ1) is 24.6. The predicted octanol–water partition coefficient (Wildman–Crippen LogP) is 8.05. The third-order valence-electron chi connectivity index (χ3n) is 4.63. The maximum atomic E-state index is 6.14. The van der Waals surface area contributed by atoms with Crippen molar-refractivity contribution in [3.05, 3.63) is 22.8 Å². The topological polar surface area (TPSA) is 28.7 Å². The van der Waals surface area contributed by atoms with Gasteiger partial charge in [0.1, 0.15) is 13.7 Å². The Morgan fingerprint density at radius 3 is 2.08 bits per heavy atom. The molecule has 0 amide bonds. The van der Waals surface area contributed by atoms with Crippen LogP contribution in [-0.4, -0.2) is 24.4 Å². The summed E-state index contributed by atoms with van der Waals surface area (Å²) in [6, 6.07) is 5.88. The summed E-state index contributed by atoms with van der Waals surface area (Å²) in [6.45, 7) is 7.01. The van der Waals surface area contributed by atoms with E-state index in [1.54, 1.807) is 6.20 Å². The number of halogens is 6. The van der Waals surface area contributed by atoms with E-state index in [2.05, 4.69) is 116 Å². The standard InChI is InChI=1S/C15H22BrClN2Si.CBr4/c1-4-20(5-2,6-3)15-12(7-8-16)13-9-11(17)10-18-14(13)19-15;2-1(3,4)5/h9-10H,4-8H2,1-3H3,(H,18,19);. The molecule has 0 spiro atoms. The van der Waals surface area contributed by atoms with E-state index in [0.29, 0.717) is 0 Å². The van der Waals surface area contributed by atoms with Gasteiger partial charge in [-0.3, -0.25) is 0 Å². The lowest BCUT2D eigenvalue weighted by Gasteiger charge is -2.28. The fourth-order valence-electron chi connectivity index (χ4n) is 3.18. The predicted molar refractivity (Wildman–Crippen MR) is 134 cm³/mol. The van der Waals surface area contributed by atoms with Crippen LogP contribution in [0.3, 0.4) is 0 Å². The van der Waals surface area contributed by atoms with E-state index in [1.165, 1.54) is 34.4 Å². The highest BCUT2D eigenvalue weighted by Gasteiger charge is 2.34. The van der Waals surface area contributed by atoms with Crippen molar-refractivity contribution >= 4 is 116 Å². The molecule has 2 heterocycles. The number of aromatic nitrogens is 2. The number of alkyl halides is 5. The normalized spacial score (nSPS) is 12.2. The van der Waals surface area contributed by atoms with Crippen LogP contribution in [0.4, 0.5) is 0 Å². The number of nitrogens with one attached hydrogen (secondary N) is 1. The molecule has 2 aromatic heterocycles. The maximum Gasteiger partial charge on any atom is 0.189 e. The first-order valence-electron chi connectivity index (χ1n) is 8.10. The minimum Gasteiger partial charge on any atom is -0.347 e. The van der Waals surface area contributed by atoms with Gasteiger partial charge in [0, 0.05) is 22.2 Å². The Kier molecular flexibility index (Phi) is 10.8. The molecule has 142 valence electrons. The van der Waals surface area contributed by atoms with Crippen molar-refractivity contribution in [2.75, 3.05) is 5.33 Å². The van der Waals surface area contributed by atoms with Gasteiger partial charge in [0.05, 0.1) is 5.02 Å². The molecule has 0 fully saturated rings. The van der Waals surface area contributed by atoms with Crippen molar-refractivity contribution in [1.82, 2.24) is 9.97 Å². The van der Waals surface area contributed by atoms with E-state index >= 15 is 0 Å². The molecule has 9 heteroatoms. The molecule has 25 heavy (non-hydrogen) atoms. The van der Waals surface area contributed by atoms with E-state index < -0.39 is 8.07 Å². The van der Waals surface area contributed by atoms with Gasteiger partial charge in [0.25, 0.3) is 0 Å². The van der Waals surface area contributed by atoms with Crippen LogP contribution in [0.15, 0.2) is 12.3 Å². The number of hydrogen-bond acceptors (Lipinski definition) is 1. The molecule has 0 aliphatic rings. The SMILES string of the molecule is BrC(Br)(Br)Br.CC[Si](CC)(CC)c1[nH]c2ncc(Cl)cc2c1CCBr. The third-order valence-corrected chi connectivity index (χ3v) is 10.8. The average molecular weight is 705 g/mol. The molecule has 0 bridgehead atoms. The molecule has 0 saturated carbocycles. The lowest BCUT2D eigenvalue weighted by molar-refractivity contribution is 1.15. The van der Waals surface area contributed by atoms with Crippen molar-refractivity contribution in [2.45, 2.75) is 46.4 Å². The Morgan fingerprint density at radius 1 is 1.12 bits per heavy atom. The number of hydrogen-bond donors (Lipinski definition) is 1. The lowest BCUT2D eigenvalue weighted by Crippen LogP contribution is -2.48. The van der Waals surface area contributed by atoms with Gasteiger partial charge >= 0.3 is 0 Å². The molecule has 0 unspecified atom stereocenters. The van der Waals surface area contributed by atoms with Crippen molar-refractivity contribution in [3.63, 3.8) is 0 Å². The summed E-state index contributed by atoms with van der Waals surface area (Å²) < 4.78 is -0.250. The molecule has 2 nitrogen and oxygen atoms in total. The fraction of sp³-hybridized carbons (Fsp3) is 0.562. The zero-order valence-electron chi connectivity index (χ0n) is 14.4. The summed E-state index contributed by atoms with van der Waals surface area (Å²) in [4.78, 5) is 8.12. The summed E-state index contributed by atoms with van der Waals surface area (Å²) in [5, 5.41) is 4.39. The summed E-state index contributed by atoms with van der Waals surface area (Å²) in [6.07, 6.45) is 2.77. The van der Waals surface area contributed by atoms with Gasteiger partial charge in [0.15, 0.2) is 1.05 Å². The van der Waals surface area contributed by atoms with Gasteiger partial charge in [-0.1, -0.05) is 66.4 Å². The van der Waals surface area contributed by atoms with Crippen LogP contribution >= 0.6 is 91.3 Å². The number of aryl methyl sites for hydroxylation is 1. The molecule has 0 aliphatic carbocycles. The quantitative estimate of drug-likeness (QED) is 0.239. The lowest BCUT2D eigenvalue weighted by atomic mass is 10.2. The highest BCUT2D eigenvalue weighted by atomic mass is 80.0. The average Bonchev–Trinajstić information content (AvgIpc) is 2.87. The highest BCUT2D eigenvalue weighted by Crippen LogP contribution is 2.39. The van der Waals surface area contributed by atoms with E-state index in [-0.39, 0.29) is 1.05 Å². The summed E-state index contributed by atoms with van der Waals surface area (Å²) in [7, 11) is -1.44. The van der Waals surface area contributed by atoms with E-state index in [9.17, 15) is 0 Å². The number of pyridine rings is 1. The Labute approximate surface area is 198 Å². The Balaban J connectivity index is 0.000000550. The zero-order valence-corrected chi connectivity index (χ0v) is 24.1. The molecule has 2 rings (SSSR count). The molecular weight excluding hydrogens is 683 g/mol. The van der Waals surface area contributed by atoms with Crippen LogP contribution in [0, 0.1) is 0 Å². The minimum atomic E-state index is -1.44. The molecule has 0 saturated heterocycles. The third kappa shape index (κ3) is 7.17. The van der Waals surface area contributed by atoms with E-state index in [1.807, 2.05) is 0 Å². The largest absolute Gasteiger partial charge is 0.347 e. The molecule has 1 N–H and O–H groups in total. The Bertz CT molecular complexity index is 669. The molecule has 0 radical (unpaired) electrons. The summed E-state index contributed by atoms with van der Waals surface area (Å²) in [5.74, 6) is 0. The minimum absolute atomic E-state index is 0.250. The van der Waals surface area contributed by atoms with Crippen LogP contribution in [0.25, 0.3) is 11.0 Å². The molecule has 0 aliphatic heterocycles.